The second-order valence-corrected chi connectivity index (χ2v) is 16.3. The van der Waals surface area contributed by atoms with E-state index < -0.39 is 0 Å². The molecule has 1 aliphatic rings. The maximum atomic E-state index is 5.29. The van der Waals surface area contributed by atoms with Crippen LogP contribution in [0.25, 0.3) is 98.5 Å². The van der Waals surface area contributed by atoms with Crippen LogP contribution in [0.4, 0.5) is 0 Å². The number of aromatic nitrogens is 3. The number of hydrogen-bond acceptors (Lipinski definition) is 4. The molecule has 0 spiro atoms. The monoisotopic (exact) mass is 733 g/mol. The van der Waals surface area contributed by atoms with Gasteiger partial charge in [-0.05, 0) is 91.7 Å². The Morgan fingerprint density at radius 3 is 1.80 bits per heavy atom. The minimum absolute atomic E-state index is 0.110. The molecule has 1 aliphatic carbocycles. The van der Waals surface area contributed by atoms with Crippen molar-refractivity contribution in [2.75, 3.05) is 0 Å². The van der Waals surface area contributed by atoms with Crippen molar-refractivity contribution in [2.45, 2.75) is 19.3 Å². The number of hydrogen-bond donors (Lipinski definition) is 0. The fourth-order valence-electron chi connectivity index (χ4n) is 8.64. The molecule has 3 nitrogen and oxygen atoms in total. The van der Waals surface area contributed by atoms with Crippen molar-refractivity contribution >= 4 is 42.3 Å². The molecule has 56 heavy (non-hydrogen) atoms. The first kappa shape index (κ1) is 32.7. The highest BCUT2D eigenvalue weighted by molar-refractivity contribution is 7.25. The van der Waals surface area contributed by atoms with E-state index in [2.05, 4.69) is 172 Å². The zero-order valence-corrected chi connectivity index (χ0v) is 31.8. The van der Waals surface area contributed by atoms with Crippen LogP contribution < -0.4 is 0 Å². The third kappa shape index (κ3) is 5.29. The molecule has 0 atom stereocenters. The Balaban J connectivity index is 1.14. The van der Waals surface area contributed by atoms with Crippen LogP contribution in [0, 0.1) is 0 Å². The Hall–Kier alpha value is -6.75. The van der Waals surface area contributed by atoms with Gasteiger partial charge >= 0.3 is 0 Å². The molecule has 4 heteroatoms. The Morgan fingerprint density at radius 2 is 0.946 bits per heavy atom. The van der Waals surface area contributed by atoms with Crippen LogP contribution in [0.5, 0.6) is 0 Å². The standard InChI is InChI=1S/C52H35N3S/c1-52(2)45-21-10-8-18-40(45)41-25-23-34(30-46(41)52)36-27-37(35-24-26-43-42-19-9-11-22-47(42)56-48(43)31-35)29-38(28-36)50-53-49(33-14-4-3-5-15-33)54-51(55-50)44-20-12-16-32-13-6-7-17-39(32)44/h3-31H,1-2H3. The molecule has 0 bridgehead atoms. The van der Waals surface area contributed by atoms with Gasteiger partial charge in [-0.1, -0.05) is 153 Å². The van der Waals surface area contributed by atoms with Crippen LogP contribution in [-0.4, -0.2) is 15.0 Å². The first-order valence-corrected chi connectivity index (χ1v) is 19.9. The van der Waals surface area contributed by atoms with Crippen LogP contribution in [-0.2, 0) is 5.41 Å². The van der Waals surface area contributed by atoms with Crippen molar-refractivity contribution < 1.29 is 0 Å². The molecular formula is C52H35N3S. The van der Waals surface area contributed by atoms with Crippen LogP contribution in [0.15, 0.2) is 176 Å². The molecule has 0 saturated heterocycles. The van der Waals surface area contributed by atoms with E-state index in [0.717, 1.165) is 44.2 Å². The van der Waals surface area contributed by atoms with Gasteiger partial charge in [0.15, 0.2) is 17.5 Å². The summed E-state index contributed by atoms with van der Waals surface area (Å²) < 4.78 is 2.58. The molecule has 0 N–H and O–H groups in total. The lowest BCUT2D eigenvalue weighted by Gasteiger charge is -2.22. The molecule has 0 saturated carbocycles. The zero-order chi connectivity index (χ0) is 37.4. The minimum atomic E-state index is -0.110. The van der Waals surface area contributed by atoms with Crippen LogP contribution in [0.3, 0.4) is 0 Å². The quantitative estimate of drug-likeness (QED) is 0.177. The fourth-order valence-corrected chi connectivity index (χ4v) is 9.79. The summed E-state index contributed by atoms with van der Waals surface area (Å²) >= 11 is 1.85. The highest BCUT2D eigenvalue weighted by Crippen LogP contribution is 2.50. The molecule has 2 aromatic heterocycles. The topological polar surface area (TPSA) is 38.7 Å². The number of benzene rings is 8. The van der Waals surface area contributed by atoms with E-state index in [0.29, 0.717) is 17.5 Å². The molecule has 0 unspecified atom stereocenters. The summed E-state index contributed by atoms with van der Waals surface area (Å²) in [5, 5.41) is 4.85. The summed E-state index contributed by atoms with van der Waals surface area (Å²) in [5.74, 6) is 1.94. The Labute approximate surface area is 329 Å². The van der Waals surface area contributed by atoms with Gasteiger partial charge in [0.2, 0.25) is 0 Å². The Kier molecular flexibility index (Phi) is 7.38. The molecule has 0 fully saturated rings. The maximum absolute atomic E-state index is 5.29. The normalized spacial score (nSPS) is 13.0. The number of fused-ring (bicyclic) bond motifs is 7. The van der Waals surface area contributed by atoms with E-state index in [4.69, 9.17) is 15.0 Å². The van der Waals surface area contributed by atoms with E-state index in [-0.39, 0.29) is 5.41 Å². The summed E-state index contributed by atoms with van der Waals surface area (Å²) in [6.07, 6.45) is 0. The summed E-state index contributed by atoms with van der Waals surface area (Å²) in [5.41, 5.74) is 12.7. The smallest absolute Gasteiger partial charge is 0.164 e. The minimum Gasteiger partial charge on any atom is -0.208 e. The first-order chi connectivity index (χ1) is 27.5. The lowest BCUT2D eigenvalue weighted by molar-refractivity contribution is 0.660. The lowest BCUT2D eigenvalue weighted by Crippen LogP contribution is -2.14. The van der Waals surface area contributed by atoms with Crippen molar-refractivity contribution in [3.05, 3.63) is 187 Å². The van der Waals surface area contributed by atoms with Gasteiger partial charge in [-0.3, -0.25) is 0 Å². The van der Waals surface area contributed by atoms with Gasteiger partial charge in [-0.25, -0.2) is 15.0 Å². The average molecular weight is 734 g/mol. The average Bonchev–Trinajstić information content (AvgIpc) is 3.74. The fraction of sp³-hybridized carbons (Fsp3) is 0.0577. The summed E-state index contributed by atoms with van der Waals surface area (Å²) in [6, 6.07) is 63.2. The summed E-state index contributed by atoms with van der Waals surface area (Å²) in [4.78, 5) is 15.6. The molecule has 2 heterocycles. The van der Waals surface area contributed by atoms with Gasteiger partial charge in [-0.15, -0.1) is 11.3 Å². The van der Waals surface area contributed by atoms with Crippen LogP contribution in [0.1, 0.15) is 25.0 Å². The van der Waals surface area contributed by atoms with E-state index in [9.17, 15) is 0 Å². The molecule has 10 aromatic rings. The SMILES string of the molecule is CC1(C)c2ccccc2-c2ccc(-c3cc(-c4ccc5c(c4)sc4ccccc45)cc(-c4nc(-c5ccccc5)nc(-c5cccc6ccccc56)n4)c3)cc21. The maximum Gasteiger partial charge on any atom is 0.164 e. The largest absolute Gasteiger partial charge is 0.208 e. The molecule has 0 radical (unpaired) electrons. The molecule has 11 rings (SSSR count). The van der Waals surface area contributed by atoms with Gasteiger partial charge in [0.05, 0.1) is 0 Å². The highest BCUT2D eigenvalue weighted by atomic mass is 32.1. The van der Waals surface area contributed by atoms with Gasteiger partial charge in [0.25, 0.3) is 0 Å². The molecule has 0 aliphatic heterocycles. The molecule has 8 aromatic carbocycles. The molecular weight excluding hydrogens is 699 g/mol. The predicted molar refractivity (Wildman–Crippen MR) is 235 cm³/mol. The summed E-state index contributed by atoms with van der Waals surface area (Å²) in [7, 11) is 0. The Bertz CT molecular complexity index is 3170. The molecule has 0 amide bonds. The predicted octanol–water partition coefficient (Wildman–Crippen LogP) is 14.0. The van der Waals surface area contributed by atoms with Crippen molar-refractivity contribution in [1.29, 1.82) is 0 Å². The van der Waals surface area contributed by atoms with Crippen LogP contribution >= 0.6 is 11.3 Å². The van der Waals surface area contributed by atoms with Gasteiger partial charge in [0, 0.05) is 42.3 Å². The van der Waals surface area contributed by atoms with Gasteiger partial charge < -0.3 is 0 Å². The van der Waals surface area contributed by atoms with Crippen molar-refractivity contribution in [3.8, 4) is 67.5 Å². The number of nitrogens with zero attached hydrogens (tertiary/aromatic N) is 3. The van der Waals surface area contributed by atoms with Crippen LogP contribution in [0.2, 0.25) is 0 Å². The number of rotatable bonds is 5. The van der Waals surface area contributed by atoms with E-state index >= 15 is 0 Å². The van der Waals surface area contributed by atoms with E-state index in [1.54, 1.807) is 0 Å². The zero-order valence-electron chi connectivity index (χ0n) is 31.0. The van der Waals surface area contributed by atoms with E-state index in [1.165, 1.54) is 48.0 Å². The van der Waals surface area contributed by atoms with E-state index in [1.807, 2.05) is 29.5 Å². The van der Waals surface area contributed by atoms with Crippen molar-refractivity contribution in [2.24, 2.45) is 0 Å². The third-order valence-electron chi connectivity index (χ3n) is 11.5. The van der Waals surface area contributed by atoms with Gasteiger partial charge in [-0.2, -0.15) is 0 Å². The first-order valence-electron chi connectivity index (χ1n) is 19.1. The lowest BCUT2D eigenvalue weighted by atomic mass is 9.81. The Morgan fingerprint density at radius 1 is 0.357 bits per heavy atom. The highest BCUT2D eigenvalue weighted by Gasteiger charge is 2.35. The number of thiophene rings is 1. The van der Waals surface area contributed by atoms with Crippen molar-refractivity contribution in [3.63, 3.8) is 0 Å². The second kappa shape index (κ2) is 12.7. The molecule has 264 valence electrons. The van der Waals surface area contributed by atoms with Crippen molar-refractivity contribution in [1.82, 2.24) is 15.0 Å². The second-order valence-electron chi connectivity index (χ2n) is 15.2. The third-order valence-corrected chi connectivity index (χ3v) is 12.7. The van der Waals surface area contributed by atoms with Gasteiger partial charge in [0.1, 0.15) is 0 Å². The summed E-state index contributed by atoms with van der Waals surface area (Å²) in [6.45, 7) is 4.68.